The molecular weight excluding hydrogens is 157 g/mol. The fourth-order valence-electron chi connectivity index (χ4n) is 1.64. The Hall–Kier alpha value is -0.150. The number of halogens is 1. The molecule has 0 spiro atoms. The van der Waals surface area contributed by atoms with E-state index < -0.39 is 6.17 Å². The monoisotopic (exact) mass is 175 g/mol. The van der Waals surface area contributed by atoms with Gasteiger partial charge in [-0.25, -0.2) is 4.39 Å². The molecular formula is C9H18FNO. The molecule has 1 heterocycles. The molecule has 0 aromatic rings. The molecule has 2 unspecified atom stereocenters. The third kappa shape index (κ3) is 2.42. The Kier molecular flexibility index (Phi) is 3.47. The SMILES string of the molecule is CC(C)N1CC(F)COCC1C. The van der Waals surface area contributed by atoms with Crippen molar-refractivity contribution in [3.8, 4) is 0 Å². The normalized spacial score (nSPS) is 33.8. The van der Waals surface area contributed by atoms with Crippen LogP contribution < -0.4 is 0 Å². The zero-order chi connectivity index (χ0) is 9.14. The molecule has 0 aromatic carbocycles. The Morgan fingerprint density at radius 2 is 2.08 bits per heavy atom. The predicted octanol–water partition coefficient (Wildman–Crippen LogP) is 1.45. The van der Waals surface area contributed by atoms with Gasteiger partial charge in [0.05, 0.1) is 13.2 Å². The second-order valence-corrected chi connectivity index (χ2v) is 3.77. The summed E-state index contributed by atoms with van der Waals surface area (Å²) in [7, 11) is 0. The summed E-state index contributed by atoms with van der Waals surface area (Å²) in [5.41, 5.74) is 0. The molecule has 0 aromatic heterocycles. The van der Waals surface area contributed by atoms with Gasteiger partial charge in [-0.05, 0) is 20.8 Å². The Morgan fingerprint density at radius 3 is 2.67 bits per heavy atom. The minimum atomic E-state index is -0.822. The average Bonchev–Trinajstić information content (AvgIpc) is 2.13. The summed E-state index contributed by atoms with van der Waals surface area (Å²) in [5, 5.41) is 0. The first-order valence-electron chi connectivity index (χ1n) is 4.58. The quantitative estimate of drug-likeness (QED) is 0.598. The van der Waals surface area contributed by atoms with Crippen molar-refractivity contribution in [1.82, 2.24) is 4.90 Å². The number of rotatable bonds is 1. The molecule has 0 saturated carbocycles. The Morgan fingerprint density at radius 1 is 1.42 bits per heavy atom. The van der Waals surface area contributed by atoms with Crippen LogP contribution in [-0.2, 0) is 4.74 Å². The molecule has 1 fully saturated rings. The third-order valence-electron chi connectivity index (χ3n) is 2.30. The molecule has 1 saturated heterocycles. The van der Waals surface area contributed by atoms with E-state index in [1.165, 1.54) is 0 Å². The highest BCUT2D eigenvalue weighted by atomic mass is 19.1. The standard InChI is InChI=1S/C9H18FNO/c1-7(2)11-4-9(10)6-12-5-8(11)3/h7-9H,4-6H2,1-3H3. The van der Waals surface area contributed by atoms with E-state index in [1.54, 1.807) is 0 Å². The maximum Gasteiger partial charge on any atom is 0.136 e. The number of hydrogen-bond donors (Lipinski definition) is 0. The van der Waals surface area contributed by atoms with Gasteiger partial charge in [-0.15, -0.1) is 0 Å². The summed E-state index contributed by atoms with van der Waals surface area (Å²) in [4.78, 5) is 2.15. The maximum absolute atomic E-state index is 13.1. The van der Waals surface area contributed by atoms with Gasteiger partial charge >= 0.3 is 0 Å². The van der Waals surface area contributed by atoms with E-state index >= 15 is 0 Å². The lowest BCUT2D eigenvalue weighted by Crippen LogP contribution is -2.42. The van der Waals surface area contributed by atoms with E-state index in [2.05, 4.69) is 25.7 Å². The molecule has 2 nitrogen and oxygen atoms in total. The Labute approximate surface area is 73.7 Å². The highest BCUT2D eigenvalue weighted by Gasteiger charge is 2.24. The highest BCUT2D eigenvalue weighted by molar-refractivity contribution is 4.77. The zero-order valence-electron chi connectivity index (χ0n) is 8.09. The number of alkyl halides is 1. The van der Waals surface area contributed by atoms with Crippen LogP contribution in [0.2, 0.25) is 0 Å². The first-order chi connectivity index (χ1) is 5.61. The van der Waals surface area contributed by atoms with Crippen LogP contribution in [0.5, 0.6) is 0 Å². The van der Waals surface area contributed by atoms with Gasteiger partial charge in [0, 0.05) is 18.6 Å². The largest absolute Gasteiger partial charge is 0.377 e. The summed E-state index contributed by atoms with van der Waals surface area (Å²) in [6.45, 7) is 7.69. The molecule has 0 N–H and O–H groups in total. The van der Waals surface area contributed by atoms with Crippen molar-refractivity contribution < 1.29 is 9.13 Å². The first-order valence-corrected chi connectivity index (χ1v) is 4.58. The van der Waals surface area contributed by atoms with E-state index in [9.17, 15) is 4.39 Å². The van der Waals surface area contributed by atoms with Crippen molar-refractivity contribution >= 4 is 0 Å². The lowest BCUT2D eigenvalue weighted by molar-refractivity contribution is 0.0880. The van der Waals surface area contributed by atoms with E-state index in [0.29, 0.717) is 25.2 Å². The van der Waals surface area contributed by atoms with Gasteiger partial charge in [-0.1, -0.05) is 0 Å². The van der Waals surface area contributed by atoms with Gasteiger partial charge in [0.2, 0.25) is 0 Å². The summed E-state index contributed by atoms with van der Waals surface area (Å²) >= 11 is 0. The summed E-state index contributed by atoms with van der Waals surface area (Å²) in [6.07, 6.45) is -0.822. The van der Waals surface area contributed by atoms with Gasteiger partial charge in [0.1, 0.15) is 6.17 Å². The molecule has 1 rings (SSSR count). The number of hydrogen-bond acceptors (Lipinski definition) is 2. The lowest BCUT2D eigenvalue weighted by atomic mass is 10.2. The summed E-state index contributed by atoms with van der Waals surface area (Å²) in [6, 6.07) is 0.741. The third-order valence-corrected chi connectivity index (χ3v) is 2.30. The van der Waals surface area contributed by atoms with Crippen LogP contribution in [0.4, 0.5) is 4.39 Å². The highest BCUT2D eigenvalue weighted by Crippen LogP contribution is 2.12. The average molecular weight is 175 g/mol. The fourth-order valence-corrected chi connectivity index (χ4v) is 1.64. The first kappa shape index (κ1) is 9.93. The Balaban J connectivity index is 2.54. The van der Waals surface area contributed by atoms with Crippen molar-refractivity contribution in [2.45, 2.75) is 39.0 Å². The van der Waals surface area contributed by atoms with Crippen LogP contribution in [0.25, 0.3) is 0 Å². The predicted molar refractivity (Wildman–Crippen MR) is 47.0 cm³/mol. The zero-order valence-corrected chi connectivity index (χ0v) is 8.09. The van der Waals surface area contributed by atoms with Crippen LogP contribution in [0, 0.1) is 0 Å². The molecule has 0 radical (unpaired) electrons. The van der Waals surface area contributed by atoms with E-state index in [0.717, 1.165) is 0 Å². The van der Waals surface area contributed by atoms with Gasteiger partial charge in [0.15, 0.2) is 0 Å². The molecule has 0 aliphatic carbocycles. The Bertz CT molecular complexity index is 140. The number of ether oxygens (including phenoxy) is 1. The van der Waals surface area contributed by atoms with Crippen LogP contribution >= 0.6 is 0 Å². The minimum Gasteiger partial charge on any atom is -0.377 e. The van der Waals surface area contributed by atoms with Crippen LogP contribution in [-0.4, -0.2) is 42.9 Å². The second kappa shape index (κ2) is 4.19. The maximum atomic E-state index is 13.1. The molecule has 1 aliphatic rings. The van der Waals surface area contributed by atoms with Crippen molar-refractivity contribution in [3.63, 3.8) is 0 Å². The number of nitrogens with zero attached hydrogens (tertiary/aromatic N) is 1. The van der Waals surface area contributed by atoms with Gasteiger partial charge in [-0.3, -0.25) is 4.90 Å². The van der Waals surface area contributed by atoms with Crippen LogP contribution in [0.1, 0.15) is 20.8 Å². The van der Waals surface area contributed by atoms with Crippen molar-refractivity contribution in [1.29, 1.82) is 0 Å². The minimum absolute atomic E-state index is 0.258. The van der Waals surface area contributed by atoms with Gasteiger partial charge < -0.3 is 4.74 Å². The van der Waals surface area contributed by atoms with Crippen LogP contribution in [0.3, 0.4) is 0 Å². The van der Waals surface area contributed by atoms with Crippen molar-refractivity contribution in [2.24, 2.45) is 0 Å². The molecule has 0 amide bonds. The molecule has 1 aliphatic heterocycles. The fraction of sp³-hybridized carbons (Fsp3) is 1.00. The van der Waals surface area contributed by atoms with E-state index in [-0.39, 0.29) is 6.61 Å². The molecule has 72 valence electrons. The smallest absolute Gasteiger partial charge is 0.136 e. The second-order valence-electron chi connectivity index (χ2n) is 3.77. The van der Waals surface area contributed by atoms with Crippen LogP contribution in [0.15, 0.2) is 0 Å². The summed E-state index contributed by atoms with van der Waals surface area (Å²) < 4.78 is 18.2. The van der Waals surface area contributed by atoms with Crippen molar-refractivity contribution in [3.05, 3.63) is 0 Å². The van der Waals surface area contributed by atoms with Gasteiger partial charge in [0.25, 0.3) is 0 Å². The lowest BCUT2D eigenvalue weighted by Gasteiger charge is -2.30. The summed E-state index contributed by atoms with van der Waals surface area (Å²) in [5.74, 6) is 0. The molecule has 3 heteroatoms. The molecule has 0 bridgehead atoms. The van der Waals surface area contributed by atoms with E-state index in [4.69, 9.17) is 4.74 Å². The van der Waals surface area contributed by atoms with E-state index in [1.807, 2.05) is 0 Å². The van der Waals surface area contributed by atoms with Gasteiger partial charge in [-0.2, -0.15) is 0 Å². The van der Waals surface area contributed by atoms with Crippen molar-refractivity contribution in [2.75, 3.05) is 19.8 Å². The molecule has 2 atom stereocenters. The molecule has 12 heavy (non-hydrogen) atoms. The topological polar surface area (TPSA) is 12.5 Å².